The van der Waals surface area contributed by atoms with E-state index in [0.29, 0.717) is 11.1 Å². The van der Waals surface area contributed by atoms with Gasteiger partial charge in [-0.1, -0.05) is 42.1 Å². The fourth-order valence-electron chi connectivity index (χ4n) is 2.14. The summed E-state index contributed by atoms with van der Waals surface area (Å²) in [6, 6.07) is 14.0. The van der Waals surface area contributed by atoms with Gasteiger partial charge in [0.05, 0.1) is 6.21 Å². The average Bonchev–Trinajstić information content (AvgIpc) is 2.66. The van der Waals surface area contributed by atoms with Crippen LogP contribution in [-0.2, 0) is 32.0 Å². The van der Waals surface area contributed by atoms with Crippen LogP contribution in [0.5, 0.6) is 5.75 Å². The molecule has 0 spiro atoms. The number of pyridine rings is 1. The molecule has 0 aliphatic rings. The van der Waals surface area contributed by atoms with E-state index in [0.717, 1.165) is 17.9 Å². The van der Waals surface area contributed by atoms with Crippen molar-refractivity contribution in [3.05, 3.63) is 72.1 Å². The summed E-state index contributed by atoms with van der Waals surface area (Å²) in [5, 5.41) is 39.9. The molecular formula is C18H16ClMoN3O5-6. The average molecular weight is 486 g/mol. The van der Waals surface area contributed by atoms with E-state index in [2.05, 4.69) is 15.2 Å². The van der Waals surface area contributed by atoms with Crippen molar-refractivity contribution in [2.75, 3.05) is 7.11 Å². The summed E-state index contributed by atoms with van der Waals surface area (Å²) in [6.45, 7) is 0. The zero-order chi connectivity index (χ0) is 17.4. The van der Waals surface area contributed by atoms with Gasteiger partial charge in [0.25, 0.3) is 0 Å². The van der Waals surface area contributed by atoms with Crippen molar-refractivity contribution in [2.24, 2.45) is 10.2 Å². The molecule has 28 heavy (non-hydrogen) atoms. The molecule has 2 aromatic carbocycles. The third kappa shape index (κ3) is 7.72. The molecule has 8 nitrogen and oxygen atoms in total. The van der Waals surface area contributed by atoms with E-state index in [9.17, 15) is 10.2 Å². The number of halogens is 1. The number of fused-ring (bicyclic) bond motifs is 1. The fraction of sp³-hybridized carbons (Fsp3) is 0.0556. The van der Waals surface area contributed by atoms with E-state index in [4.69, 9.17) is 5.11 Å². The number of benzene rings is 2. The number of aliphatic hydroxyl groups is 1. The molecule has 0 fully saturated rings. The minimum absolute atomic E-state index is 0. The molecule has 1 heterocycles. The summed E-state index contributed by atoms with van der Waals surface area (Å²) < 4.78 is 0. The molecule has 152 valence electrons. The van der Waals surface area contributed by atoms with Gasteiger partial charge in [-0.3, -0.25) is 0 Å². The van der Waals surface area contributed by atoms with Crippen LogP contribution in [0.3, 0.4) is 0 Å². The maximum Gasteiger partial charge on any atom is 0.167 e. The first-order chi connectivity index (χ1) is 11.8. The van der Waals surface area contributed by atoms with Gasteiger partial charge in [0.1, 0.15) is 0 Å². The normalized spacial score (nSPS) is 9.71. The third-order valence-corrected chi connectivity index (χ3v) is 3.23. The van der Waals surface area contributed by atoms with Gasteiger partial charge in [-0.15, -0.1) is 0 Å². The Morgan fingerprint density at radius 3 is 2.25 bits per heavy atom. The first-order valence-corrected chi connectivity index (χ1v) is 7.14. The monoisotopic (exact) mass is 487 g/mol. The number of rotatable bonds is 3. The summed E-state index contributed by atoms with van der Waals surface area (Å²) >= 11 is 0. The van der Waals surface area contributed by atoms with Gasteiger partial charge < -0.3 is 38.7 Å². The standard InChI is InChI=1S/C17H13N3O2.CH4O.ClH.Mo.2O/c21-16-6-5-12-3-1-2-4-14(12)15(16)11-19-20-17(22)13-7-9-18-10-8-13;1-2;;;;/h1-11,21H,(H,20,22);2H,1H3;1H;;;/q;;;;2*-2/p-2/b19-11+;;;;;. The molecule has 0 aliphatic carbocycles. The molecule has 0 saturated carbocycles. The van der Waals surface area contributed by atoms with Gasteiger partial charge in [-0.2, -0.15) is 10.2 Å². The molecule has 0 amide bonds. The zero-order valence-electron chi connectivity index (χ0n) is 14.6. The number of aromatic amines is 1. The minimum Gasteiger partial charge on any atom is -2.00 e. The predicted molar refractivity (Wildman–Crippen MR) is 90.0 cm³/mol. The van der Waals surface area contributed by atoms with Gasteiger partial charge in [-0.25, -0.2) is 4.98 Å². The van der Waals surface area contributed by atoms with Gasteiger partial charge in [0.15, 0.2) is 12.4 Å². The Kier molecular flexibility index (Phi) is 17.0. The Morgan fingerprint density at radius 1 is 1.00 bits per heavy atom. The van der Waals surface area contributed by atoms with E-state index in [-0.39, 0.29) is 50.2 Å². The third-order valence-electron chi connectivity index (χ3n) is 3.23. The van der Waals surface area contributed by atoms with Crippen molar-refractivity contribution in [3.63, 3.8) is 0 Å². The first kappa shape index (κ1) is 30.4. The van der Waals surface area contributed by atoms with Crippen LogP contribution in [0.25, 0.3) is 10.8 Å². The van der Waals surface area contributed by atoms with E-state index in [1.807, 2.05) is 24.3 Å². The second-order valence-corrected chi connectivity index (χ2v) is 4.64. The molecule has 0 bridgehead atoms. The van der Waals surface area contributed by atoms with Crippen LogP contribution in [0, 0.1) is 0 Å². The number of hydrogen-bond acceptors (Lipinski definition) is 5. The van der Waals surface area contributed by atoms with Gasteiger partial charge in [0, 0.05) is 46.2 Å². The summed E-state index contributed by atoms with van der Waals surface area (Å²) in [7, 11) is 1.00. The maximum absolute atomic E-state index is 12.0. The van der Waals surface area contributed by atoms with Gasteiger partial charge >= 0.3 is 0 Å². The summed E-state index contributed by atoms with van der Waals surface area (Å²) in [6.07, 6.45) is 4.59. The summed E-state index contributed by atoms with van der Waals surface area (Å²) in [5.74, 6) is -0.614. The topological polar surface area (TPSA) is 162 Å². The van der Waals surface area contributed by atoms with Crippen molar-refractivity contribution in [2.45, 2.75) is 0 Å². The van der Waals surface area contributed by atoms with Crippen molar-refractivity contribution in [3.8, 4) is 5.75 Å². The Bertz CT molecular complexity index is 879. The molecule has 0 unspecified atom stereocenters. The number of aromatic nitrogens is 1. The zero-order valence-corrected chi connectivity index (χ0v) is 17.4. The van der Waals surface area contributed by atoms with Crippen molar-refractivity contribution >= 4 is 22.9 Å². The minimum atomic E-state index is -0.460. The Morgan fingerprint density at radius 2 is 1.61 bits per heavy atom. The van der Waals surface area contributed by atoms with E-state index in [1.165, 1.54) is 12.3 Å². The van der Waals surface area contributed by atoms with Crippen LogP contribution in [0.4, 0.5) is 0 Å². The molecule has 0 saturated heterocycles. The Balaban J connectivity index is -0.00000101. The second kappa shape index (κ2) is 15.7. The van der Waals surface area contributed by atoms with E-state index >= 15 is 0 Å². The first-order valence-electron chi connectivity index (χ1n) is 7.14. The molecule has 1 aromatic heterocycles. The summed E-state index contributed by atoms with van der Waals surface area (Å²) in [5.41, 5.74) is 0.854. The number of nitrogens with one attached hydrogen (secondary N) is 1. The second-order valence-electron chi connectivity index (χ2n) is 4.64. The number of H-pyrrole nitrogens is 1. The SMILES string of the molecule is CO.[Cl-].[Mo].[O-2].[O-2].[O-]/C(=N\N=C\c1c([O-])ccc2ccccc12)c1cc[nH+]cc1. The fourth-order valence-corrected chi connectivity index (χ4v) is 2.14. The predicted octanol–water partition coefficient (Wildman–Crippen LogP) is -2.76. The molecule has 3 aromatic rings. The van der Waals surface area contributed by atoms with Crippen molar-refractivity contribution in [1.29, 1.82) is 0 Å². The molecule has 0 atom stereocenters. The number of aliphatic hydroxyl groups excluding tert-OH is 1. The number of hydrogen-bond donors (Lipinski definition) is 1. The quantitative estimate of drug-likeness (QED) is 0.184. The van der Waals surface area contributed by atoms with E-state index < -0.39 is 5.90 Å². The van der Waals surface area contributed by atoms with Crippen LogP contribution in [0.15, 0.2) is 71.1 Å². The van der Waals surface area contributed by atoms with Crippen molar-refractivity contribution < 1.29 is 64.7 Å². The Labute approximate surface area is 182 Å². The van der Waals surface area contributed by atoms with Gasteiger partial charge in [0.2, 0.25) is 0 Å². The molecule has 10 heteroatoms. The molecule has 0 radical (unpaired) electrons. The van der Waals surface area contributed by atoms with Crippen LogP contribution < -0.4 is 27.6 Å². The Hall–Kier alpha value is -2.35. The van der Waals surface area contributed by atoms with E-state index in [1.54, 1.807) is 30.6 Å². The summed E-state index contributed by atoms with van der Waals surface area (Å²) in [4.78, 5) is 2.82. The molecule has 2 N–H and O–H groups in total. The van der Waals surface area contributed by atoms with Crippen LogP contribution >= 0.6 is 0 Å². The van der Waals surface area contributed by atoms with Crippen LogP contribution in [0.1, 0.15) is 11.1 Å². The number of nitrogens with zero attached hydrogens (tertiary/aromatic N) is 2. The van der Waals surface area contributed by atoms with Crippen molar-refractivity contribution in [1.82, 2.24) is 0 Å². The van der Waals surface area contributed by atoms with Crippen LogP contribution in [-0.4, -0.2) is 24.3 Å². The van der Waals surface area contributed by atoms with Gasteiger partial charge in [-0.05, 0) is 21.9 Å². The molecule has 0 aliphatic heterocycles. The molecule has 3 rings (SSSR count). The smallest absolute Gasteiger partial charge is 0.167 e. The largest absolute Gasteiger partial charge is 2.00 e. The molecular weight excluding hydrogens is 470 g/mol. The maximum atomic E-state index is 12.0. The van der Waals surface area contributed by atoms with Crippen LogP contribution in [0.2, 0.25) is 0 Å².